The second-order valence-corrected chi connectivity index (χ2v) is 6.60. The van der Waals surface area contributed by atoms with Crippen molar-refractivity contribution < 1.29 is 28.7 Å². The molecule has 0 spiro atoms. The Kier molecular flexibility index (Phi) is 7.08. The molecule has 2 N–H and O–H groups in total. The van der Waals surface area contributed by atoms with E-state index < -0.39 is 34.3 Å². The van der Waals surface area contributed by atoms with Crippen LogP contribution in [0.15, 0.2) is 40.7 Å². The molecule has 2 rings (SSSR count). The summed E-state index contributed by atoms with van der Waals surface area (Å²) in [6.45, 7) is 3.73. The van der Waals surface area contributed by atoms with Crippen LogP contribution in [0.3, 0.4) is 0 Å². The molecule has 29 heavy (non-hydrogen) atoms. The molecule has 0 amide bonds. The van der Waals surface area contributed by atoms with Crippen molar-refractivity contribution >= 4 is 17.6 Å². The average molecular weight is 406 g/mol. The monoisotopic (exact) mass is 406 g/mol. The summed E-state index contributed by atoms with van der Waals surface area (Å²) in [6, 6.07) is 2.87. The van der Waals surface area contributed by atoms with Crippen LogP contribution >= 0.6 is 0 Å². The van der Waals surface area contributed by atoms with Crippen LogP contribution in [0.5, 0.6) is 0 Å². The Morgan fingerprint density at radius 2 is 1.79 bits per heavy atom. The molecule has 0 bridgehead atoms. The second kappa shape index (κ2) is 9.31. The molecule has 1 atom stereocenters. The number of halogens is 1. The fourth-order valence-electron chi connectivity index (χ4n) is 3.48. The maximum Gasteiger partial charge on any atom is 0.336 e. The van der Waals surface area contributed by atoms with Gasteiger partial charge in [-0.25, -0.2) is 14.0 Å². The molecule has 1 unspecified atom stereocenters. The van der Waals surface area contributed by atoms with Gasteiger partial charge in [0.25, 0.3) is 5.69 Å². The first-order valence-electron chi connectivity index (χ1n) is 9.25. The zero-order valence-corrected chi connectivity index (χ0v) is 16.5. The Morgan fingerprint density at radius 3 is 2.28 bits per heavy atom. The van der Waals surface area contributed by atoms with Crippen molar-refractivity contribution in [2.75, 3.05) is 7.11 Å². The predicted octanol–water partition coefficient (Wildman–Crippen LogP) is 3.79. The molecule has 0 aromatic heterocycles. The third-order valence-corrected chi connectivity index (χ3v) is 4.67. The topological polar surface area (TPSA) is 119 Å². The first-order chi connectivity index (χ1) is 13.8. The Bertz CT molecular complexity index is 906. The second-order valence-electron chi connectivity index (χ2n) is 6.60. The summed E-state index contributed by atoms with van der Waals surface area (Å²) in [4.78, 5) is 35.3. The number of nitro benzene ring substituents is 1. The number of hydrogen-bond acceptors (Lipinski definition) is 6. The van der Waals surface area contributed by atoms with Gasteiger partial charge in [0.15, 0.2) is 0 Å². The third kappa shape index (κ3) is 4.44. The summed E-state index contributed by atoms with van der Waals surface area (Å²) in [5.74, 6) is -4.32. The fourth-order valence-corrected chi connectivity index (χ4v) is 3.48. The van der Waals surface area contributed by atoms with Gasteiger partial charge in [-0.05, 0) is 18.9 Å². The highest BCUT2D eigenvalue weighted by Gasteiger charge is 2.40. The zero-order valence-electron chi connectivity index (χ0n) is 16.5. The van der Waals surface area contributed by atoms with Crippen LogP contribution in [0.4, 0.5) is 10.1 Å². The van der Waals surface area contributed by atoms with E-state index in [0.717, 1.165) is 25.3 Å². The van der Waals surface area contributed by atoms with Crippen LogP contribution in [-0.2, 0) is 14.3 Å². The maximum atomic E-state index is 14.8. The number of nitro groups is 1. The van der Waals surface area contributed by atoms with Crippen molar-refractivity contribution in [3.63, 3.8) is 0 Å². The van der Waals surface area contributed by atoms with E-state index in [1.807, 2.05) is 13.8 Å². The number of nitrogens with zero attached hydrogens (tertiary/aromatic N) is 1. The van der Waals surface area contributed by atoms with Crippen LogP contribution in [0.2, 0.25) is 0 Å². The lowest BCUT2D eigenvalue weighted by Gasteiger charge is -2.32. The summed E-state index contributed by atoms with van der Waals surface area (Å²) in [5, 5.41) is 24.1. The van der Waals surface area contributed by atoms with Gasteiger partial charge in [-0.15, -0.1) is 0 Å². The molecule has 0 radical (unpaired) electrons. The average Bonchev–Trinajstić information content (AvgIpc) is 2.67. The minimum Gasteiger partial charge on any atom is -0.478 e. The Hall–Kier alpha value is -3.23. The van der Waals surface area contributed by atoms with Crippen molar-refractivity contribution in [2.24, 2.45) is 0 Å². The van der Waals surface area contributed by atoms with Gasteiger partial charge in [0.05, 0.1) is 29.1 Å². The number of aliphatic carboxylic acids is 1. The van der Waals surface area contributed by atoms with Crippen LogP contribution in [-0.4, -0.2) is 29.1 Å². The smallest absolute Gasteiger partial charge is 0.336 e. The Morgan fingerprint density at radius 1 is 1.21 bits per heavy atom. The minimum absolute atomic E-state index is 0.0500. The van der Waals surface area contributed by atoms with Gasteiger partial charge in [0, 0.05) is 29.1 Å². The highest BCUT2D eigenvalue weighted by molar-refractivity contribution is 5.99. The molecule has 9 heteroatoms. The van der Waals surface area contributed by atoms with Crippen LogP contribution in [0.25, 0.3) is 0 Å². The van der Waals surface area contributed by atoms with Gasteiger partial charge in [-0.3, -0.25) is 10.1 Å². The van der Waals surface area contributed by atoms with Crippen molar-refractivity contribution in [1.29, 1.82) is 0 Å². The molecule has 156 valence electrons. The van der Waals surface area contributed by atoms with E-state index in [-0.39, 0.29) is 16.7 Å². The first kappa shape index (κ1) is 22.1. The zero-order chi connectivity index (χ0) is 21.7. The number of rotatable bonds is 8. The largest absolute Gasteiger partial charge is 0.478 e. The van der Waals surface area contributed by atoms with Gasteiger partial charge < -0.3 is 15.2 Å². The summed E-state index contributed by atoms with van der Waals surface area (Å²) in [5.41, 5.74) is -0.128. The van der Waals surface area contributed by atoms with Gasteiger partial charge in [-0.1, -0.05) is 26.7 Å². The molecule has 0 aliphatic carbocycles. The molecule has 1 aliphatic rings. The summed E-state index contributed by atoms with van der Waals surface area (Å²) >= 11 is 0. The molecule has 8 nitrogen and oxygen atoms in total. The predicted molar refractivity (Wildman–Crippen MR) is 102 cm³/mol. The number of carboxylic acids is 1. The molecule has 1 aromatic carbocycles. The van der Waals surface area contributed by atoms with Crippen LogP contribution < -0.4 is 5.32 Å². The van der Waals surface area contributed by atoms with Crippen LogP contribution in [0.1, 0.15) is 51.0 Å². The number of methoxy groups -OCH3 is 1. The van der Waals surface area contributed by atoms with E-state index in [0.29, 0.717) is 37.1 Å². The van der Waals surface area contributed by atoms with E-state index in [4.69, 9.17) is 4.74 Å². The number of allylic oxidation sites excluding steroid dienone is 2. The number of nitrogens with one attached hydrogen (secondary N) is 1. The highest BCUT2D eigenvalue weighted by atomic mass is 19.1. The minimum atomic E-state index is -1.34. The molecule has 0 saturated heterocycles. The van der Waals surface area contributed by atoms with Crippen molar-refractivity contribution in [3.8, 4) is 0 Å². The number of esters is 1. The van der Waals surface area contributed by atoms with E-state index in [1.54, 1.807) is 0 Å². The molecule has 1 aliphatic heterocycles. The molecular weight excluding hydrogens is 383 g/mol. The number of ether oxygens (including phenoxy) is 1. The van der Waals surface area contributed by atoms with Crippen molar-refractivity contribution in [2.45, 2.75) is 45.4 Å². The number of hydrogen-bond donors (Lipinski definition) is 2. The lowest BCUT2D eigenvalue weighted by atomic mass is 9.78. The number of carbonyl (C=O) groups is 2. The fraction of sp³-hybridized carbons (Fsp3) is 0.400. The number of carboxylic acid groups (broad SMARTS) is 1. The SMILES string of the molecule is CCCC1=C(C(=O)O)C(c2cc([N+](=O)[O-])ccc2F)C(C(=O)OC)=C(CCC)N1. The molecule has 1 heterocycles. The lowest BCUT2D eigenvalue weighted by molar-refractivity contribution is -0.385. The lowest BCUT2D eigenvalue weighted by Crippen LogP contribution is -2.33. The normalized spacial score (nSPS) is 16.5. The van der Waals surface area contributed by atoms with Gasteiger partial charge >= 0.3 is 11.9 Å². The first-order valence-corrected chi connectivity index (χ1v) is 9.25. The third-order valence-electron chi connectivity index (χ3n) is 4.67. The van der Waals surface area contributed by atoms with Crippen LogP contribution in [0, 0.1) is 15.9 Å². The maximum absolute atomic E-state index is 14.8. The number of carbonyl (C=O) groups excluding carboxylic acids is 1. The summed E-state index contributed by atoms with van der Waals surface area (Å²) < 4.78 is 19.6. The van der Waals surface area contributed by atoms with Crippen molar-refractivity contribution in [1.82, 2.24) is 5.32 Å². The highest BCUT2D eigenvalue weighted by Crippen LogP contribution is 2.42. The quantitative estimate of drug-likeness (QED) is 0.383. The Labute approximate surface area is 167 Å². The number of dihydropyridines is 1. The molecule has 0 saturated carbocycles. The van der Waals surface area contributed by atoms with Gasteiger partial charge in [0.2, 0.25) is 0 Å². The summed E-state index contributed by atoms with van der Waals surface area (Å²) in [6.07, 6.45) is 2.00. The Balaban J connectivity index is 2.88. The molecule has 0 fully saturated rings. The van der Waals surface area contributed by atoms with E-state index >= 15 is 0 Å². The number of benzene rings is 1. The standard InChI is InChI=1S/C20H23FN2O6/c1-4-6-14-17(19(24)25)16(12-10-11(23(27)28)8-9-13(12)21)18(20(26)29-3)15(22-14)7-5-2/h8-10,16,22H,4-7H2,1-3H3,(H,24,25). The summed E-state index contributed by atoms with van der Waals surface area (Å²) in [7, 11) is 1.14. The van der Waals surface area contributed by atoms with E-state index in [1.165, 1.54) is 0 Å². The van der Waals surface area contributed by atoms with E-state index in [9.17, 15) is 29.2 Å². The van der Waals surface area contributed by atoms with Gasteiger partial charge in [-0.2, -0.15) is 0 Å². The number of non-ortho nitro benzene ring substituents is 1. The molecule has 1 aromatic rings. The van der Waals surface area contributed by atoms with E-state index in [2.05, 4.69) is 5.32 Å². The van der Waals surface area contributed by atoms with Gasteiger partial charge in [0.1, 0.15) is 5.82 Å². The van der Waals surface area contributed by atoms with Crippen molar-refractivity contribution in [3.05, 3.63) is 62.2 Å². The molecular formula is C20H23FN2O6.